The lowest BCUT2D eigenvalue weighted by Crippen LogP contribution is -2.16. The van der Waals surface area contributed by atoms with E-state index >= 15 is 0 Å². The summed E-state index contributed by atoms with van der Waals surface area (Å²) in [6.45, 7) is 1.96. The molecular formula is C16H16BrN3. The summed E-state index contributed by atoms with van der Waals surface area (Å²) in [5.74, 6) is 0. The Bertz CT molecular complexity index is 659. The number of benzene rings is 2. The second-order valence-corrected chi connectivity index (χ2v) is 5.60. The predicted molar refractivity (Wildman–Crippen MR) is 86.0 cm³/mol. The zero-order chi connectivity index (χ0) is 14.7. The van der Waals surface area contributed by atoms with Crippen LogP contribution in [-0.4, -0.2) is 7.05 Å². The standard InChI is InChI=1S/C16H16BrN3/c1-11(19)14-8-7-13(17)9-16(14)20(2)15-6-4-3-5-12(15)10-18/h3-9,11H,19H2,1-2H3. The van der Waals surface area contributed by atoms with E-state index in [-0.39, 0.29) is 6.04 Å². The van der Waals surface area contributed by atoms with Crippen LogP contribution in [0.25, 0.3) is 0 Å². The Hall–Kier alpha value is -1.83. The van der Waals surface area contributed by atoms with Crippen LogP contribution in [0.2, 0.25) is 0 Å². The highest BCUT2D eigenvalue weighted by Crippen LogP contribution is 2.33. The maximum Gasteiger partial charge on any atom is 0.101 e. The van der Waals surface area contributed by atoms with Gasteiger partial charge in [0.2, 0.25) is 0 Å². The van der Waals surface area contributed by atoms with Crippen molar-refractivity contribution >= 4 is 27.3 Å². The molecule has 2 aromatic carbocycles. The second kappa shape index (κ2) is 6.08. The number of hydrogen-bond acceptors (Lipinski definition) is 3. The summed E-state index contributed by atoms with van der Waals surface area (Å²) in [4.78, 5) is 2.00. The molecule has 0 spiro atoms. The monoisotopic (exact) mass is 329 g/mol. The molecule has 2 aromatic rings. The van der Waals surface area contributed by atoms with Crippen LogP contribution < -0.4 is 10.6 Å². The molecule has 20 heavy (non-hydrogen) atoms. The minimum Gasteiger partial charge on any atom is -0.343 e. The van der Waals surface area contributed by atoms with Crippen LogP contribution in [0.5, 0.6) is 0 Å². The van der Waals surface area contributed by atoms with Gasteiger partial charge < -0.3 is 10.6 Å². The number of rotatable bonds is 3. The predicted octanol–water partition coefficient (Wildman–Crippen LogP) is 4.11. The fourth-order valence-electron chi connectivity index (χ4n) is 2.18. The van der Waals surface area contributed by atoms with Gasteiger partial charge in [-0.15, -0.1) is 0 Å². The summed E-state index contributed by atoms with van der Waals surface area (Å²) < 4.78 is 0.984. The molecule has 102 valence electrons. The molecule has 0 amide bonds. The summed E-state index contributed by atoms with van der Waals surface area (Å²) in [5, 5.41) is 9.24. The molecule has 0 fully saturated rings. The average molecular weight is 330 g/mol. The zero-order valence-corrected chi connectivity index (χ0v) is 13.1. The molecule has 0 radical (unpaired) electrons. The SMILES string of the molecule is CC(N)c1ccc(Br)cc1N(C)c1ccccc1C#N. The van der Waals surface area contributed by atoms with E-state index in [1.165, 1.54) is 0 Å². The molecule has 0 aliphatic rings. The molecule has 1 unspecified atom stereocenters. The molecule has 1 atom stereocenters. The smallest absolute Gasteiger partial charge is 0.101 e. The molecule has 0 aromatic heterocycles. The average Bonchev–Trinajstić information content (AvgIpc) is 2.46. The highest BCUT2D eigenvalue weighted by Gasteiger charge is 2.15. The molecule has 2 N–H and O–H groups in total. The van der Waals surface area contributed by atoms with Crippen LogP contribution in [-0.2, 0) is 0 Å². The molecular weight excluding hydrogens is 314 g/mol. The first-order chi connectivity index (χ1) is 9.54. The van der Waals surface area contributed by atoms with E-state index in [0.717, 1.165) is 21.4 Å². The second-order valence-electron chi connectivity index (χ2n) is 4.68. The largest absolute Gasteiger partial charge is 0.343 e. The van der Waals surface area contributed by atoms with Crippen LogP contribution in [0.1, 0.15) is 24.1 Å². The van der Waals surface area contributed by atoms with Crippen molar-refractivity contribution < 1.29 is 0 Å². The van der Waals surface area contributed by atoms with Gasteiger partial charge in [0.1, 0.15) is 6.07 Å². The molecule has 0 aliphatic carbocycles. The number of halogens is 1. The van der Waals surface area contributed by atoms with Gasteiger partial charge in [0, 0.05) is 23.2 Å². The molecule has 0 saturated carbocycles. The number of nitrogens with two attached hydrogens (primary N) is 1. The molecule has 0 saturated heterocycles. The van der Waals surface area contributed by atoms with Gasteiger partial charge in [-0.3, -0.25) is 0 Å². The summed E-state index contributed by atoms with van der Waals surface area (Å²) in [5.41, 5.74) is 9.60. The molecule has 0 heterocycles. The Kier molecular flexibility index (Phi) is 4.43. The van der Waals surface area contributed by atoms with Gasteiger partial charge in [-0.2, -0.15) is 5.26 Å². The van der Waals surface area contributed by atoms with Crippen molar-refractivity contribution in [1.29, 1.82) is 5.26 Å². The van der Waals surface area contributed by atoms with E-state index in [1.807, 2.05) is 61.3 Å². The molecule has 3 nitrogen and oxygen atoms in total. The van der Waals surface area contributed by atoms with Crippen LogP contribution >= 0.6 is 15.9 Å². The van der Waals surface area contributed by atoms with Crippen LogP contribution in [0.3, 0.4) is 0 Å². The van der Waals surface area contributed by atoms with Gasteiger partial charge in [0.05, 0.1) is 11.3 Å². The van der Waals surface area contributed by atoms with Crippen molar-refractivity contribution in [3.63, 3.8) is 0 Å². The van der Waals surface area contributed by atoms with Gasteiger partial charge in [0.15, 0.2) is 0 Å². The maximum absolute atomic E-state index is 9.24. The minimum atomic E-state index is -0.0743. The van der Waals surface area contributed by atoms with Crippen molar-refractivity contribution in [2.24, 2.45) is 5.73 Å². The van der Waals surface area contributed by atoms with E-state index in [4.69, 9.17) is 5.73 Å². The van der Waals surface area contributed by atoms with E-state index in [0.29, 0.717) is 5.56 Å². The van der Waals surface area contributed by atoms with Crippen LogP contribution in [0.4, 0.5) is 11.4 Å². The van der Waals surface area contributed by atoms with E-state index < -0.39 is 0 Å². The number of hydrogen-bond donors (Lipinski definition) is 1. The Morgan fingerprint density at radius 1 is 1.20 bits per heavy atom. The Morgan fingerprint density at radius 2 is 1.90 bits per heavy atom. The van der Waals surface area contributed by atoms with Crippen LogP contribution in [0, 0.1) is 11.3 Å². The fourth-order valence-corrected chi connectivity index (χ4v) is 2.53. The van der Waals surface area contributed by atoms with Crippen LogP contribution in [0.15, 0.2) is 46.9 Å². The lowest BCUT2D eigenvalue weighted by molar-refractivity contribution is 0.815. The third-order valence-electron chi connectivity index (χ3n) is 3.23. The van der Waals surface area contributed by atoms with E-state index in [1.54, 1.807) is 0 Å². The quantitative estimate of drug-likeness (QED) is 0.921. The van der Waals surface area contributed by atoms with Crippen molar-refractivity contribution in [1.82, 2.24) is 0 Å². The first-order valence-electron chi connectivity index (χ1n) is 6.32. The lowest BCUT2D eigenvalue weighted by Gasteiger charge is -2.25. The lowest BCUT2D eigenvalue weighted by atomic mass is 10.0. The molecule has 0 bridgehead atoms. The Balaban J connectivity index is 2.56. The summed E-state index contributed by atoms with van der Waals surface area (Å²) >= 11 is 3.49. The third kappa shape index (κ3) is 2.84. The first kappa shape index (κ1) is 14.6. The van der Waals surface area contributed by atoms with Crippen molar-refractivity contribution in [3.8, 4) is 6.07 Å². The molecule has 0 aliphatic heterocycles. The van der Waals surface area contributed by atoms with Gasteiger partial charge in [-0.25, -0.2) is 0 Å². The van der Waals surface area contributed by atoms with Gasteiger partial charge >= 0.3 is 0 Å². The maximum atomic E-state index is 9.24. The molecule has 4 heteroatoms. The fraction of sp³-hybridized carbons (Fsp3) is 0.188. The van der Waals surface area contributed by atoms with Gasteiger partial charge in [0.25, 0.3) is 0 Å². The Morgan fingerprint density at radius 3 is 2.55 bits per heavy atom. The number of para-hydroxylation sites is 1. The first-order valence-corrected chi connectivity index (χ1v) is 7.11. The summed E-state index contributed by atoms with van der Waals surface area (Å²) in [7, 11) is 1.95. The number of anilines is 2. The zero-order valence-electron chi connectivity index (χ0n) is 11.5. The van der Waals surface area contributed by atoms with Crippen molar-refractivity contribution in [2.45, 2.75) is 13.0 Å². The van der Waals surface area contributed by atoms with Crippen molar-refractivity contribution in [3.05, 3.63) is 58.1 Å². The van der Waals surface area contributed by atoms with Gasteiger partial charge in [-0.1, -0.05) is 34.1 Å². The highest BCUT2D eigenvalue weighted by molar-refractivity contribution is 9.10. The van der Waals surface area contributed by atoms with Gasteiger partial charge in [-0.05, 0) is 36.8 Å². The number of nitriles is 1. The van der Waals surface area contributed by atoms with Crippen molar-refractivity contribution in [2.75, 3.05) is 11.9 Å². The van der Waals surface area contributed by atoms with E-state index in [9.17, 15) is 5.26 Å². The minimum absolute atomic E-state index is 0.0743. The summed E-state index contributed by atoms with van der Waals surface area (Å²) in [6.07, 6.45) is 0. The normalized spacial score (nSPS) is 11.8. The Labute approximate surface area is 127 Å². The molecule has 2 rings (SSSR count). The third-order valence-corrected chi connectivity index (χ3v) is 3.72. The summed E-state index contributed by atoms with van der Waals surface area (Å²) in [6, 6.07) is 15.7. The highest BCUT2D eigenvalue weighted by atomic mass is 79.9. The topological polar surface area (TPSA) is 53.0 Å². The number of nitrogens with zero attached hydrogens (tertiary/aromatic N) is 2. The van der Waals surface area contributed by atoms with E-state index in [2.05, 4.69) is 22.0 Å².